The number of benzene rings is 9. The van der Waals surface area contributed by atoms with E-state index >= 15 is 0 Å². The molecule has 0 spiro atoms. The highest BCUT2D eigenvalue weighted by molar-refractivity contribution is 5.88. The fourth-order valence-electron chi connectivity index (χ4n) is 9.73. The summed E-state index contributed by atoms with van der Waals surface area (Å²) in [6.07, 6.45) is 0. The van der Waals surface area contributed by atoms with Crippen LogP contribution in [0.4, 0.5) is 0 Å². The van der Waals surface area contributed by atoms with Crippen LogP contribution in [0.5, 0.6) is 0 Å². The number of aryl methyl sites for hydroxylation is 3. The molecule has 11 rings (SSSR count). The van der Waals surface area contributed by atoms with Crippen LogP contribution in [-0.4, -0.2) is 0 Å². The first kappa shape index (κ1) is 39.4. The molecule has 0 fully saturated rings. The van der Waals surface area contributed by atoms with Crippen molar-refractivity contribution in [3.63, 3.8) is 0 Å². The van der Waals surface area contributed by atoms with Crippen LogP contribution in [0.2, 0.25) is 0 Å². The molecule has 1 atom stereocenters. The van der Waals surface area contributed by atoms with Crippen molar-refractivity contribution in [1.82, 2.24) is 0 Å². The Labute approximate surface area is 362 Å². The predicted octanol–water partition coefficient (Wildman–Crippen LogP) is 16.0. The van der Waals surface area contributed by atoms with Crippen molar-refractivity contribution in [3.05, 3.63) is 275 Å². The van der Waals surface area contributed by atoms with Gasteiger partial charge in [-0.15, -0.1) is 0 Å². The predicted molar refractivity (Wildman–Crippen MR) is 259 cm³/mol. The zero-order valence-corrected chi connectivity index (χ0v) is 35.9. The van der Waals surface area contributed by atoms with Crippen LogP contribution in [0.25, 0.3) is 44.5 Å². The summed E-state index contributed by atoms with van der Waals surface area (Å²) < 4.78 is 0. The number of hydrogen-bond donors (Lipinski definition) is 0. The van der Waals surface area contributed by atoms with Crippen LogP contribution in [-0.2, 0) is 10.8 Å². The van der Waals surface area contributed by atoms with Crippen LogP contribution in [0.1, 0.15) is 63.9 Å². The Morgan fingerprint density at radius 1 is 0.295 bits per heavy atom. The average Bonchev–Trinajstić information content (AvgIpc) is 3.74. The van der Waals surface area contributed by atoms with E-state index in [0.29, 0.717) is 0 Å². The highest BCUT2D eigenvalue weighted by Crippen LogP contribution is 2.57. The van der Waals surface area contributed by atoms with Gasteiger partial charge in [0.2, 0.25) is 0 Å². The number of fused-ring (bicyclic) bond motifs is 6. The van der Waals surface area contributed by atoms with Crippen LogP contribution < -0.4 is 0 Å². The molecule has 1 unspecified atom stereocenters. The molecule has 2 aliphatic rings. The lowest BCUT2D eigenvalue weighted by Crippen LogP contribution is -2.28. The summed E-state index contributed by atoms with van der Waals surface area (Å²) in [5.74, 6) is 0. The maximum Gasteiger partial charge on any atom is 0.0713 e. The first-order valence-electron chi connectivity index (χ1n) is 21.5. The molecule has 9 aromatic rings. The Bertz CT molecular complexity index is 2920. The standard InChI is InChI=1S/C32H24.C16H16.C13H12/c1-23-11-10-18-30-31(23)28-16-8-9-17-29(28)32(30,26-14-6-3-7-15-26)27-21-19-25(20-22-27)24-12-4-2-5-13-24;1-11-8-9-13-12-6-4-5-7-14(12)16(2,3)15(13)10-11;1-11-7-9-13(10-8-11)12-5-3-2-4-6-12/h2-22H,1H3;4-10H,1-3H3;2-10H,1H3. The second kappa shape index (κ2) is 16.6. The van der Waals surface area contributed by atoms with E-state index in [-0.39, 0.29) is 10.8 Å². The van der Waals surface area contributed by atoms with Crippen molar-refractivity contribution in [2.45, 2.75) is 45.4 Å². The van der Waals surface area contributed by atoms with Crippen molar-refractivity contribution >= 4 is 0 Å². The largest absolute Gasteiger partial charge is 0.0713 e. The molecule has 0 heterocycles. The molecule has 61 heavy (non-hydrogen) atoms. The number of hydrogen-bond acceptors (Lipinski definition) is 0. The summed E-state index contributed by atoms with van der Waals surface area (Å²) in [6, 6.07) is 81.0. The fourth-order valence-corrected chi connectivity index (χ4v) is 9.73. The van der Waals surface area contributed by atoms with Crippen molar-refractivity contribution in [3.8, 4) is 44.5 Å². The lowest BCUT2D eigenvalue weighted by atomic mass is 9.67. The van der Waals surface area contributed by atoms with Gasteiger partial charge in [-0.2, -0.15) is 0 Å². The van der Waals surface area contributed by atoms with Crippen molar-refractivity contribution in [2.24, 2.45) is 0 Å². The highest BCUT2D eigenvalue weighted by atomic mass is 14.5. The molecule has 0 aliphatic heterocycles. The summed E-state index contributed by atoms with van der Waals surface area (Å²) in [5, 5.41) is 0. The van der Waals surface area contributed by atoms with Gasteiger partial charge in [0, 0.05) is 5.41 Å². The summed E-state index contributed by atoms with van der Waals surface area (Å²) >= 11 is 0. The van der Waals surface area contributed by atoms with E-state index in [2.05, 4.69) is 253 Å². The first-order chi connectivity index (χ1) is 29.8. The average molecular weight is 785 g/mol. The van der Waals surface area contributed by atoms with E-state index in [1.807, 2.05) is 6.07 Å². The fraction of sp³-hybridized carbons (Fsp3) is 0.115. The van der Waals surface area contributed by atoms with E-state index < -0.39 is 0 Å². The SMILES string of the molecule is Cc1ccc(-c2ccccc2)cc1.Cc1ccc2c(c1)C(C)(C)c1ccccc1-2.Cc1cccc2c1-c1ccccc1C2(c1ccccc1)c1ccc(-c2ccccc2)cc1. The lowest BCUT2D eigenvalue weighted by molar-refractivity contribution is 0.660. The zero-order chi connectivity index (χ0) is 42.0. The molecule has 0 amide bonds. The van der Waals surface area contributed by atoms with Gasteiger partial charge in [-0.1, -0.05) is 249 Å². The maximum absolute atomic E-state index is 2.33. The van der Waals surface area contributed by atoms with E-state index in [1.54, 1.807) is 0 Å². The number of rotatable bonds is 4. The molecule has 0 aromatic heterocycles. The van der Waals surface area contributed by atoms with Gasteiger partial charge in [0.05, 0.1) is 5.41 Å². The molecule has 0 N–H and O–H groups in total. The van der Waals surface area contributed by atoms with Crippen LogP contribution in [0.15, 0.2) is 224 Å². The summed E-state index contributed by atoms with van der Waals surface area (Å²) in [7, 11) is 0. The molecular formula is C61H52. The Hall–Kier alpha value is -7.02. The third-order valence-corrected chi connectivity index (χ3v) is 12.8. The summed E-state index contributed by atoms with van der Waals surface area (Å²) in [4.78, 5) is 0. The minimum absolute atomic E-state index is 0.151. The van der Waals surface area contributed by atoms with Crippen molar-refractivity contribution < 1.29 is 0 Å². The van der Waals surface area contributed by atoms with E-state index in [0.717, 1.165) is 0 Å². The second-order valence-electron chi connectivity index (χ2n) is 17.1. The minimum Gasteiger partial charge on any atom is -0.0622 e. The molecule has 0 bridgehead atoms. The van der Waals surface area contributed by atoms with Gasteiger partial charge < -0.3 is 0 Å². The Morgan fingerprint density at radius 2 is 0.738 bits per heavy atom. The van der Waals surface area contributed by atoms with Gasteiger partial charge in [-0.05, 0) is 104 Å². The Morgan fingerprint density at radius 3 is 1.36 bits per heavy atom. The second-order valence-corrected chi connectivity index (χ2v) is 17.1. The summed E-state index contributed by atoms with van der Waals surface area (Å²) in [6.45, 7) is 11.1. The third-order valence-electron chi connectivity index (χ3n) is 12.8. The topological polar surface area (TPSA) is 0 Å². The smallest absolute Gasteiger partial charge is 0.0622 e. The van der Waals surface area contributed by atoms with Crippen LogP contribution in [0, 0.1) is 20.8 Å². The van der Waals surface area contributed by atoms with Gasteiger partial charge in [0.1, 0.15) is 0 Å². The van der Waals surface area contributed by atoms with Crippen molar-refractivity contribution in [1.29, 1.82) is 0 Å². The molecular weight excluding hydrogens is 733 g/mol. The van der Waals surface area contributed by atoms with Crippen molar-refractivity contribution in [2.75, 3.05) is 0 Å². The van der Waals surface area contributed by atoms with Gasteiger partial charge in [-0.3, -0.25) is 0 Å². The van der Waals surface area contributed by atoms with E-state index in [9.17, 15) is 0 Å². The van der Waals surface area contributed by atoms with Crippen LogP contribution >= 0.6 is 0 Å². The minimum atomic E-state index is -0.325. The molecule has 296 valence electrons. The van der Waals surface area contributed by atoms with E-state index in [1.165, 1.54) is 94.6 Å². The molecule has 9 aromatic carbocycles. The first-order valence-corrected chi connectivity index (χ1v) is 21.5. The molecule has 0 saturated carbocycles. The molecule has 0 heteroatoms. The Kier molecular flexibility index (Phi) is 10.7. The zero-order valence-electron chi connectivity index (χ0n) is 35.9. The quantitative estimate of drug-likeness (QED) is 0.167. The maximum atomic E-state index is 2.33. The van der Waals surface area contributed by atoms with Gasteiger partial charge in [-0.25, -0.2) is 0 Å². The van der Waals surface area contributed by atoms with Gasteiger partial charge in [0.15, 0.2) is 0 Å². The molecule has 2 aliphatic carbocycles. The third kappa shape index (κ3) is 7.23. The molecule has 0 radical (unpaired) electrons. The summed E-state index contributed by atoms with van der Waals surface area (Å²) in [5.41, 5.74) is 22.7. The molecule has 0 nitrogen and oxygen atoms in total. The van der Waals surface area contributed by atoms with E-state index in [4.69, 9.17) is 0 Å². The highest BCUT2D eigenvalue weighted by Gasteiger charge is 2.46. The van der Waals surface area contributed by atoms with Crippen LogP contribution in [0.3, 0.4) is 0 Å². The van der Waals surface area contributed by atoms with Gasteiger partial charge >= 0.3 is 0 Å². The van der Waals surface area contributed by atoms with Gasteiger partial charge in [0.25, 0.3) is 0 Å². The Balaban J connectivity index is 0.000000136. The normalized spacial score (nSPS) is 14.8. The lowest BCUT2D eigenvalue weighted by Gasteiger charge is -2.34. The molecule has 0 saturated heterocycles. The monoisotopic (exact) mass is 784 g/mol.